The molecule has 76 valence electrons. The average Bonchev–Trinajstić information content (AvgIpc) is 2.54. The number of methoxy groups -OCH3 is 1. The second-order valence-corrected chi connectivity index (χ2v) is 2.79. The molecule has 1 heterocycles. The summed E-state index contributed by atoms with van der Waals surface area (Å²) in [5.41, 5.74) is 0. The second-order valence-electron chi connectivity index (χ2n) is 2.79. The van der Waals surface area contributed by atoms with E-state index in [0.29, 0.717) is 5.88 Å². The molecule has 3 nitrogen and oxygen atoms in total. The quantitative estimate of drug-likeness (QED) is 0.726. The van der Waals surface area contributed by atoms with Crippen molar-refractivity contribution in [2.45, 2.75) is 40.0 Å². The Balaban J connectivity index is 0.000000424. The molecule has 0 saturated carbocycles. The molecule has 0 aliphatic carbocycles. The standard InChI is InChI=1S/C7H11NO2.C3H8/c1-3-4-6-5-7(9-2)8-10-6;1-3-2/h5H,3-4H2,1-2H3;3H2,1-2H3. The van der Waals surface area contributed by atoms with Crippen LogP contribution in [-0.2, 0) is 6.42 Å². The first-order valence-electron chi connectivity index (χ1n) is 4.77. The maximum absolute atomic E-state index is 4.92. The molecular formula is C10H19NO2. The normalized spacial score (nSPS) is 8.92. The van der Waals surface area contributed by atoms with Gasteiger partial charge in [-0.2, -0.15) is 0 Å². The number of hydrogen-bond acceptors (Lipinski definition) is 3. The molecule has 0 aliphatic heterocycles. The van der Waals surface area contributed by atoms with Gasteiger partial charge in [0.2, 0.25) is 0 Å². The Morgan fingerprint density at radius 2 is 2.00 bits per heavy atom. The lowest BCUT2D eigenvalue weighted by Gasteiger charge is -1.85. The van der Waals surface area contributed by atoms with Crippen LogP contribution in [0.4, 0.5) is 0 Å². The van der Waals surface area contributed by atoms with E-state index in [0.717, 1.165) is 18.6 Å². The van der Waals surface area contributed by atoms with Crippen LogP contribution in [0.2, 0.25) is 0 Å². The van der Waals surface area contributed by atoms with Crippen molar-refractivity contribution in [3.05, 3.63) is 11.8 Å². The van der Waals surface area contributed by atoms with Crippen molar-refractivity contribution in [2.75, 3.05) is 7.11 Å². The molecule has 0 bridgehead atoms. The van der Waals surface area contributed by atoms with Gasteiger partial charge in [-0.15, -0.1) is 0 Å². The maximum Gasteiger partial charge on any atom is 0.254 e. The first-order valence-corrected chi connectivity index (χ1v) is 4.77. The van der Waals surface area contributed by atoms with Gasteiger partial charge in [-0.25, -0.2) is 0 Å². The summed E-state index contributed by atoms with van der Waals surface area (Å²) in [6.45, 7) is 6.34. The maximum atomic E-state index is 4.92. The SMILES string of the molecule is CCC.CCCc1cc(OC)no1. The summed E-state index contributed by atoms with van der Waals surface area (Å²) in [5.74, 6) is 1.45. The number of nitrogens with zero attached hydrogens (tertiary/aromatic N) is 1. The Kier molecular flexibility index (Phi) is 7.07. The largest absolute Gasteiger partial charge is 0.479 e. The Hall–Kier alpha value is -0.990. The molecule has 0 N–H and O–H groups in total. The summed E-state index contributed by atoms with van der Waals surface area (Å²) < 4.78 is 9.76. The Morgan fingerprint density at radius 3 is 2.38 bits per heavy atom. The van der Waals surface area contributed by atoms with Crippen molar-refractivity contribution in [3.8, 4) is 5.88 Å². The minimum absolute atomic E-state index is 0.559. The van der Waals surface area contributed by atoms with Crippen molar-refractivity contribution < 1.29 is 9.26 Å². The first-order chi connectivity index (χ1) is 6.28. The molecule has 0 unspecified atom stereocenters. The molecule has 0 aliphatic rings. The van der Waals surface area contributed by atoms with Gasteiger partial charge in [0, 0.05) is 12.5 Å². The van der Waals surface area contributed by atoms with Crippen molar-refractivity contribution in [3.63, 3.8) is 0 Å². The third kappa shape index (κ3) is 5.28. The van der Waals surface area contributed by atoms with Crippen LogP contribution in [0.3, 0.4) is 0 Å². The van der Waals surface area contributed by atoms with Crippen LogP contribution in [0, 0.1) is 0 Å². The molecule has 1 aromatic rings. The van der Waals surface area contributed by atoms with Crippen LogP contribution < -0.4 is 4.74 Å². The van der Waals surface area contributed by atoms with E-state index in [1.165, 1.54) is 6.42 Å². The van der Waals surface area contributed by atoms with Gasteiger partial charge in [0.25, 0.3) is 5.88 Å². The van der Waals surface area contributed by atoms with Gasteiger partial charge in [0.1, 0.15) is 5.76 Å². The topological polar surface area (TPSA) is 35.3 Å². The molecular weight excluding hydrogens is 166 g/mol. The van der Waals surface area contributed by atoms with E-state index in [-0.39, 0.29) is 0 Å². The van der Waals surface area contributed by atoms with E-state index in [9.17, 15) is 0 Å². The van der Waals surface area contributed by atoms with E-state index >= 15 is 0 Å². The summed E-state index contributed by atoms with van der Waals surface area (Å²) in [6.07, 6.45) is 3.24. The van der Waals surface area contributed by atoms with Crippen molar-refractivity contribution in [1.29, 1.82) is 0 Å². The van der Waals surface area contributed by atoms with Crippen LogP contribution in [0.5, 0.6) is 5.88 Å². The molecule has 1 rings (SSSR count). The van der Waals surface area contributed by atoms with Crippen LogP contribution in [0.15, 0.2) is 10.6 Å². The van der Waals surface area contributed by atoms with Crippen molar-refractivity contribution in [1.82, 2.24) is 5.16 Å². The van der Waals surface area contributed by atoms with Crippen LogP contribution in [-0.4, -0.2) is 12.3 Å². The average molecular weight is 185 g/mol. The Labute approximate surface area is 80.1 Å². The predicted molar refractivity (Wildman–Crippen MR) is 53.0 cm³/mol. The highest BCUT2D eigenvalue weighted by atomic mass is 16.5. The minimum Gasteiger partial charge on any atom is -0.479 e. The summed E-state index contributed by atoms with van der Waals surface area (Å²) in [6, 6.07) is 1.81. The highest BCUT2D eigenvalue weighted by molar-refractivity contribution is 5.10. The van der Waals surface area contributed by atoms with E-state index in [1.807, 2.05) is 6.07 Å². The number of ether oxygens (including phenoxy) is 1. The summed E-state index contributed by atoms with van der Waals surface area (Å²) in [7, 11) is 1.58. The van der Waals surface area contributed by atoms with Crippen LogP contribution >= 0.6 is 0 Å². The Bertz CT molecular complexity index is 208. The molecule has 0 spiro atoms. The van der Waals surface area contributed by atoms with Gasteiger partial charge in [-0.1, -0.05) is 27.2 Å². The molecule has 0 radical (unpaired) electrons. The number of rotatable bonds is 3. The predicted octanol–water partition coefficient (Wildman–Crippen LogP) is 3.05. The fraction of sp³-hybridized carbons (Fsp3) is 0.700. The third-order valence-electron chi connectivity index (χ3n) is 1.24. The lowest BCUT2D eigenvalue weighted by molar-refractivity contribution is 0.326. The van der Waals surface area contributed by atoms with E-state index in [1.54, 1.807) is 7.11 Å². The van der Waals surface area contributed by atoms with Gasteiger partial charge in [-0.3, -0.25) is 0 Å². The third-order valence-corrected chi connectivity index (χ3v) is 1.24. The zero-order valence-corrected chi connectivity index (χ0v) is 8.96. The van der Waals surface area contributed by atoms with Crippen LogP contribution in [0.1, 0.15) is 39.4 Å². The molecule has 0 fully saturated rings. The van der Waals surface area contributed by atoms with Crippen molar-refractivity contribution >= 4 is 0 Å². The highest BCUT2D eigenvalue weighted by Gasteiger charge is 2.00. The van der Waals surface area contributed by atoms with E-state index in [2.05, 4.69) is 25.9 Å². The van der Waals surface area contributed by atoms with Gasteiger partial charge in [-0.05, 0) is 11.6 Å². The number of hydrogen-bond donors (Lipinski definition) is 0. The molecule has 0 saturated heterocycles. The molecule has 3 heteroatoms. The first kappa shape index (κ1) is 12.0. The molecule has 13 heavy (non-hydrogen) atoms. The zero-order valence-electron chi connectivity index (χ0n) is 8.96. The smallest absolute Gasteiger partial charge is 0.254 e. The zero-order chi connectivity index (χ0) is 10.1. The fourth-order valence-electron chi connectivity index (χ4n) is 0.754. The minimum atomic E-state index is 0.559. The lowest BCUT2D eigenvalue weighted by atomic mass is 10.3. The van der Waals surface area contributed by atoms with E-state index in [4.69, 9.17) is 9.26 Å². The van der Waals surface area contributed by atoms with Crippen molar-refractivity contribution in [2.24, 2.45) is 0 Å². The van der Waals surface area contributed by atoms with Gasteiger partial charge in [0.15, 0.2) is 0 Å². The summed E-state index contributed by atoms with van der Waals surface area (Å²) in [4.78, 5) is 0. The highest BCUT2D eigenvalue weighted by Crippen LogP contribution is 2.11. The molecule has 0 aromatic carbocycles. The van der Waals surface area contributed by atoms with Gasteiger partial charge < -0.3 is 9.26 Å². The molecule has 0 amide bonds. The number of aromatic nitrogens is 1. The second kappa shape index (κ2) is 7.65. The monoisotopic (exact) mass is 185 g/mol. The molecule has 0 atom stereocenters. The van der Waals surface area contributed by atoms with Gasteiger partial charge >= 0.3 is 0 Å². The Morgan fingerprint density at radius 1 is 1.38 bits per heavy atom. The van der Waals surface area contributed by atoms with Crippen LogP contribution in [0.25, 0.3) is 0 Å². The van der Waals surface area contributed by atoms with Gasteiger partial charge in [0.05, 0.1) is 7.11 Å². The number of aryl methyl sites for hydroxylation is 1. The summed E-state index contributed by atoms with van der Waals surface area (Å²) >= 11 is 0. The molecule has 1 aromatic heterocycles. The lowest BCUT2D eigenvalue weighted by Crippen LogP contribution is -1.79. The van der Waals surface area contributed by atoms with E-state index < -0.39 is 0 Å². The summed E-state index contributed by atoms with van der Waals surface area (Å²) in [5, 5.41) is 3.66. The fourth-order valence-corrected chi connectivity index (χ4v) is 0.754.